The minimum Gasteiger partial charge on any atom is -0.392 e. The number of benzene rings is 2. The van der Waals surface area contributed by atoms with E-state index < -0.39 is 0 Å². The first-order valence-corrected chi connectivity index (χ1v) is 7.31. The Morgan fingerprint density at radius 2 is 1.90 bits per heavy atom. The maximum Gasteiger partial charge on any atom is 0.128 e. The maximum absolute atomic E-state index is 14.0. The zero-order valence-corrected chi connectivity index (χ0v) is 12.4. The molecule has 0 saturated carbocycles. The Morgan fingerprint density at radius 1 is 1.24 bits per heavy atom. The van der Waals surface area contributed by atoms with Crippen LogP contribution in [-0.4, -0.2) is 5.11 Å². The molecule has 2 aromatic carbocycles. The third-order valence-electron chi connectivity index (χ3n) is 4.42. The Hall–Kier alpha value is -1.71. The zero-order valence-electron chi connectivity index (χ0n) is 12.4. The van der Waals surface area contributed by atoms with Gasteiger partial charge < -0.3 is 10.8 Å². The van der Waals surface area contributed by atoms with Crippen molar-refractivity contribution in [1.82, 2.24) is 0 Å². The number of rotatable bonds is 2. The fraction of sp³-hybridized carbons (Fsp3) is 0.333. The van der Waals surface area contributed by atoms with Crippen molar-refractivity contribution in [2.45, 2.75) is 39.3 Å². The van der Waals surface area contributed by atoms with Gasteiger partial charge in [0.25, 0.3) is 0 Å². The molecule has 0 unspecified atom stereocenters. The molecule has 3 rings (SSSR count). The molecule has 21 heavy (non-hydrogen) atoms. The van der Waals surface area contributed by atoms with Crippen LogP contribution in [0.5, 0.6) is 0 Å². The molecule has 0 heterocycles. The van der Waals surface area contributed by atoms with Gasteiger partial charge in [-0.1, -0.05) is 18.2 Å². The van der Waals surface area contributed by atoms with E-state index in [1.165, 1.54) is 6.07 Å². The highest BCUT2D eigenvalue weighted by Crippen LogP contribution is 2.40. The monoisotopic (exact) mass is 285 g/mol. The molecular weight excluding hydrogens is 265 g/mol. The molecule has 0 amide bonds. The van der Waals surface area contributed by atoms with Crippen LogP contribution in [0.25, 0.3) is 11.1 Å². The van der Waals surface area contributed by atoms with Gasteiger partial charge in [-0.05, 0) is 66.1 Å². The van der Waals surface area contributed by atoms with Crippen LogP contribution in [0.1, 0.15) is 40.3 Å². The number of nitrogens with two attached hydrogens (primary N) is 1. The average Bonchev–Trinajstić information content (AvgIpc) is 2.83. The highest BCUT2D eigenvalue weighted by atomic mass is 19.1. The van der Waals surface area contributed by atoms with Crippen LogP contribution in [0.3, 0.4) is 0 Å². The van der Waals surface area contributed by atoms with Crippen LogP contribution in [0.2, 0.25) is 0 Å². The molecule has 1 aliphatic carbocycles. The fourth-order valence-electron chi connectivity index (χ4n) is 3.55. The van der Waals surface area contributed by atoms with E-state index >= 15 is 0 Å². The summed E-state index contributed by atoms with van der Waals surface area (Å²) in [6.45, 7) is 4.10. The largest absolute Gasteiger partial charge is 0.392 e. The molecule has 0 bridgehead atoms. The number of aliphatic hydroxyl groups is 1. The highest BCUT2D eigenvalue weighted by molar-refractivity contribution is 5.76. The van der Waals surface area contributed by atoms with Crippen molar-refractivity contribution >= 4 is 0 Å². The number of halogens is 1. The van der Waals surface area contributed by atoms with E-state index in [1.54, 1.807) is 0 Å². The van der Waals surface area contributed by atoms with Gasteiger partial charge in [-0.15, -0.1) is 0 Å². The maximum atomic E-state index is 14.0. The van der Waals surface area contributed by atoms with Crippen molar-refractivity contribution in [2.75, 3.05) is 0 Å². The molecule has 3 heteroatoms. The van der Waals surface area contributed by atoms with Crippen molar-refractivity contribution in [1.29, 1.82) is 0 Å². The SMILES string of the molecule is Cc1cc(CO)cc(C)c1-c1ccc(F)c2c1CC[C@H]2N. The molecule has 0 fully saturated rings. The Bertz CT molecular complexity index is 686. The molecule has 3 N–H and O–H groups in total. The molecule has 1 atom stereocenters. The van der Waals surface area contributed by atoms with Crippen LogP contribution in [-0.2, 0) is 13.0 Å². The Kier molecular flexibility index (Phi) is 3.56. The number of hydrogen-bond donors (Lipinski definition) is 2. The normalized spacial score (nSPS) is 17.1. The van der Waals surface area contributed by atoms with E-state index in [4.69, 9.17) is 5.73 Å². The highest BCUT2D eigenvalue weighted by Gasteiger charge is 2.26. The van der Waals surface area contributed by atoms with E-state index in [9.17, 15) is 9.50 Å². The van der Waals surface area contributed by atoms with Gasteiger partial charge in [0.15, 0.2) is 0 Å². The summed E-state index contributed by atoms with van der Waals surface area (Å²) in [6.07, 6.45) is 1.63. The summed E-state index contributed by atoms with van der Waals surface area (Å²) in [7, 11) is 0. The van der Waals surface area contributed by atoms with Gasteiger partial charge in [-0.25, -0.2) is 4.39 Å². The van der Waals surface area contributed by atoms with Gasteiger partial charge in [0.2, 0.25) is 0 Å². The van der Waals surface area contributed by atoms with Gasteiger partial charge >= 0.3 is 0 Å². The lowest BCUT2D eigenvalue weighted by Gasteiger charge is -2.16. The van der Waals surface area contributed by atoms with Gasteiger partial charge in [0.05, 0.1) is 6.61 Å². The van der Waals surface area contributed by atoms with Crippen LogP contribution < -0.4 is 5.73 Å². The Labute approximate surface area is 124 Å². The summed E-state index contributed by atoms with van der Waals surface area (Å²) in [5, 5.41) is 9.31. The molecule has 2 aromatic rings. The fourth-order valence-corrected chi connectivity index (χ4v) is 3.55. The molecule has 0 aromatic heterocycles. The van der Waals surface area contributed by atoms with Crippen molar-refractivity contribution in [2.24, 2.45) is 5.73 Å². The first-order chi connectivity index (χ1) is 10.0. The van der Waals surface area contributed by atoms with E-state index in [2.05, 4.69) is 0 Å². The first-order valence-electron chi connectivity index (χ1n) is 7.31. The lowest BCUT2D eigenvalue weighted by Crippen LogP contribution is -2.08. The third-order valence-corrected chi connectivity index (χ3v) is 4.42. The molecule has 0 aliphatic heterocycles. The Morgan fingerprint density at radius 3 is 2.52 bits per heavy atom. The second-order valence-electron chi connectivity index (χ2n) is 5.90. The molecular formula is C18H20FNO. The van der Waals surface area contributed by atoms with E-state index in [-0.39, 0.29) is 18.5 Å². The van der Waals surface area contributed by atoms with Crippen molar-refractivity contribution in [3.05, 3.63) is 57.9 Å². The van der Waals surface area contributed by atoms with Gasteiger partial charge in [0.1, 0.15) is 5.82 Å². The Balaban J connectivity index is 2.24. The quantitative estimate of drug-likeness (QED) is 0.886. The zero-order chi connectivity index (χ0) is 15.1. The van der Waals surface area contributed by atoms with Crippen molar-refractivity contribution in [3.63, 3.8) is 0 Å². The van der Waals surface area contributed by atoms with Crippen molar-refractivity contribution in [3.8, 4) is 11.1 Å². The summed E-state index contributed by atoms with van der Waals surface area (Å²) < 4.78 is 14.0. The van der Waals surface area contributed by atoms with Crippen LogP contribution in [0, 0.1) is 19.7 Å². The minimum atomic E-state index is -0.197. The average molecular weight is 285 g/mol. The minimum absolute atomic E-state index is 0.0361. The molecule has 0 spiro atoms. The summed E-state index contributed by atoms with van der Waals surface area (Å²) in [5.41, 5.74) is 13.1. The first kappa shape index (κ1) is 14.2. The van der Waals surface area contributed by atoms with Gasteiger partial charge in [-0.2, -0.15) is 0 Å². The summed E-state index contributed by atoms with van der Waals surface area (Å²) in [4.78, 5) is 0. The van der Waals surface area contributed by atoms with Crippen molar-refractivity contribution < 1.29 is 9.50 Å². The predicted octanol–water partition coefficient (Wildman–Crippen LogP) is 3.55. The third kappa shape index (κ3) is 2.27. The van der Waals surface area contributed by atoms with Gasteiger partial charge in [0, 0.05) is 11.6 Å². The van der Waals surface area contributed by atoms with E-state index in [1.807, 2.05) is 32.0 Å². The summed E-state index contributed by atoms with van der Waals surface area (Å²) >= 11 is 0. The lowest BCUT2D eigenvalue weighted by atomic mass is 9.89. The number of aryl methyl sites for hydroxylation is 2. The lowest BCUT2D eigenvalue weighted by molar-refractivity contribution is 0.281. The second-order valence-corrected chi connectivity index (χ2v) is 5.90. The van der Waals surface area contributed by atoms with Crippen LogP contribution >= 0.6 is 0 Å². The summed E-state index contributed by atoms with van der Waals surface area (Å²) in [5.74, 6) is -0.193. The smallest absolute Gasteiger partial charge is 0.128 e. The number of hydrogen-bond acceptors (Lipinski definition) is 2. The summed E-state index contributed by atoms with van der Waals surface area (Å²) in [6, 6.07) is 7.18. The topological polar surface area (TPSA) is 46.2 Å². The number of aliphatic hydroxyl groups excluding tert-OH is 1. The molecule has 110 valence electrons. The molecule has 2 nitrogen and oxygen atoms in total. The standard InChI is InChI=1S/C18H20FNO/c1-10-7-12(9-21)8-11(2)17(10)13-3-5-15(19)18-14(13)4-6-16(18)20/h3,5,7-8,16,21H,4,6,9,20H2,1-2H3/t16-/m1/s1. The molecule has 0 saturated heterocycles. The van der Waals surface area contributed by atoms with Crippen LogP contribution in [0.4, 0.5) is 4.39 Å². The predicted molar refractivity (Wildman–Crippen MR) is 82.5 cm³/mol. The van der Waals surface area contributed by atoms with E-state index in [0.29, 0.717) is 5.56 Å². The van der Waals surface area contributed by atoms with Gasteiger partial charge in [-0.3, -0.25) is 0 Å². The number of fused-ring (bicyclic) bond motifs is 1. The van der Waals surface area contributed by atoms with Crippen LogP contribution in [0.15, 0.2) is 24.3 Å². The second kappa shape index (κ2) is 5.24. The van der Waals surface area contributed by atoms with E-state index in [0.717, 1.165) is 46.2 Å². The molecule has 0 radical (unpaired) electrons. The molecule has 1 aliphatic rings.